The third-order valence-corrected chi connectivity index (χ3v) is 3.17. The first kappa shape index (κ1) is 12.3. The van der Waals surface area contributed by atoms with Crippen molar-refractivity contribution in [2.45, 2.75) is 13.3 Å². The second kappa shape index (κ2) is 5.13. The Bertz CT molecular complexity index is 762. The molecule has 2 N–H and O–H groups in total. The molecule has 0 atom stereocenters. The number of aromatic amines is 1. The number of rotatable bonds is 3. The number of aryl methyl sites for hydroxylation is 1. The fourth-order valence-corrected chi connectivity index (χ4v) is 2.17. The number of para-hydroxylation sites is 1. The molecule has 3 rings (SSSR count). The van der Waals surface area contributed by atoms with Crippen molar-refractivity contribution in [3.63, 3.8) is 0 Å². The van der Waals surface area contributed by atoms with Crippen molar-refractivity contribution in [3.05, 3.63) is 48.3 Å². The van der Waals surface area contributed by atoms with Gasteiger partial charge in [0.25, 0.3) is 0 Å². The van der Waals surface area contributed by atoms with Gasteiger partial charge in [0.15, 0.2) is 5.69 Å². The molecular weight excluding hydrogens is 252 g/mol. The van der Waals surface area contributed by atoms with Crippen LogP contribution in [0.4, 0.5) is 11.4 Å². The number of pyridine rings is 1. The highest BCUT2D eigenvalue weighted by Crippen LogP contribution is 2.37. The monoisotopic (exact) mass is 266 g/mol. The molecule has 0 aliphatic carbocycles. The van der Waals surface area contributed by atoms with Crippen LogP contribution in [0.5, 0.6) is 5.88 Å². The number of hydrogen-bond acceptors (Lipinski definition) is 4. The predicted molar refractivity (Wildman–Crippen MR) is 77.8 cm³/mol. The van der Waals surface area contributed by atoms with E-state index in [-0.39, 0.29) is 5.88 Å². The van der Waals surface area contributed by atoms with Crippen LogP contribution in [-0.4, -0.2) is 15.1 Å². The van der Waals surface area contributed by atoms with Gasteiger partial charge in [-0.2, -0.15) is 0 Å². The maximum Gasteiger partial charge on any atom is 0.218 e. The van der Waals surface area contributed by atoms with Crippen LogP contribution in [0.1, 0.15) is 12.5 Å². The number of hydrogen-bond donors (Lipinski definition) is 2. The molecule has 2 aromatic heterocycles. The van der Waals surface area contributed by atoms with Gasteiger partial charge in [-0.3, -0.25) is 4.98 Å². The van der Waals surface area contributed by atoms with E-state index in [0.29, 0.717) is 11.4 Å². The van der Waals surface area contributed by atoms with Crippen LogP contribution in [0.25, 0.3) is 10.9 Å². The van der Waals surface area contributed by atoms with Gasteiger partial charge in [0.2, 0.25) is 5.88 Å². The molecular formula is C15H14N4O. The van der Waals surface area contributed by atoms with Gasteiger partial charge in [0.1, 0.15) is 5.69 Å². The minimum atomic E-state index is 0.0357. The molecule has 0 spiro atoms. The van der Waals surface area contributed by atoms with E-state index in [4.69, 9.17) is 0 Å². The van der Waals surface area contributed by atoms with E-state index in [1.165, 1.54) is 0 Å². The van der Waals surface area contributed by atoms with Crippen molar-refractivity contribution in [1.82, 2.24) is 9.97 Å². The first-order valence-corrected chi connectivity index (χ1v) is 6.44. The van der Waals surface area contributed by atoms with E-state index < -0.39 is 0 Å². The van der Waals surface area contributed by atoms with Crippen molar-refractivity contribution >= 4 is 22.3 Å². The van der Waals surface area contributed by atoms with E-state index in [9.17, 15) is 5.11 Å². The molecule has 0 saturated heterocycles. The van der Waals surface area contributed by atoms with Gasteiger partial charge >= 0.3 is 0 Å². The molecule has 3 aromatic rings. The van der Waals surface area contributed by atoms with Crippen molar-refractivity contribution in [3.8, 4) is 5.88 Å². The lowest BCUT2D eigenvalue weighted by Crippen LogP contribution is -1.80. The normalized spacial score (nSPS) is 11.4. The lowest BCUT2D eigenvalue weighted by molar-refractivity contribution is 0.459. The van der Waals surface area contributed by atoms with Crippen LogP contribution >= 0.6 is 0 Å². The summed E-state index contributed by atoms with van der Waals surface area (Å²) in [6, 6.07) is 9.50. The van der Waals surface area contributed by atoms with Gasteiger partial charge in [-0.05, 0) is 24.1 Å². The number of benzene rings is 1. The molecule has 5 heteroatoms. The van der Waals surface area contributed by atoms with Crippen molar-refractivity contribution < 1.29 is 5.11 Å². The number of azo groups is 1. The highest BCUT2D eigenvalue weighted by Gasteiger charge is 2.12. The van der Waals surface area contributed by atoms with Gasteiger partial charge < -0.3 is 10.1 Å². The van der Waals surface area contributed by atoms with Crippen molar-refractivity contribution in [1.29, 1.82) is 0 Å². The standard InChI is InChI=1S/C15H14N4O/c1-2-10-5-3-7-12-13(10)17-15(20)14(12)19-18-11-6-4-8-16-9-11/h3-9,17,20H,2H2,1H3. The van der Waals surface area contributed by atoms with E-state index in [1.807, 2.05) is 18.2 Å². The first-order valence-electron chi connectivity index (χ1n) is 6.44. The van der Waals surface area contributed by atoms with Gasteiger partial charge in [0.05, 0.1) is 11.7 Å². The lowest BCUT2D eigenvalue weighted by Gasteiger charge is -1.97. The highest BCUT2D eigenvalue weighted by atomic mass is 16.3. The summed E-state index contributed by atoms with van der Waals surface area (Å²) in [5, 5.41) is 19.1. The molecule has 0 unspecified atom stereocenters. The highest BCUT2D eigenvalue weighted by molar-refractivity contribution is 5.96. The van der Waals surface area contributed by atoms with Crippen molar-refractivity contribution in [2.75, 3.05) is 0 Å². The summed E-state index contributed by atoms with van der Waals surface area (Å²) in [4.78, 5) is 6.94. The van der Waals surface area contributed by atoms with Crippen LogP contribution in [0, 0.1) is 0 Å². The molecule has 0 aliphatic heterocycles. The third kappa shape index (κ3) is 2.14. The Balaban J connectivity index is 2.08. The van der Waals surface area contributed by atoms with E-state index in [0.717, 1.165) is 22.9 Å². The molecule has 0 bridgehead atoms. The molecule has 0 amide bonds. The fraction of sp³-hybridized carbons (Fsp3) is 0.133. The summed E-state index contributed by atoms with van der Waals surface area (Å²) in [6.45, 7) is 2.07. The Morgan fingerprint density at radius 2 is 2.10 bits per heavy atom. The summed E-state index contributed by atoms with van der Waals surface area (Å²) < 4.78 is 0. The lowest BCUT2D eigenvalue weighted by atomic mass is 10.1. The molecule has 0 aliphatic rings. The SMILES string of the molecule is CCc1cccc2c(N=Nc3cccnc3)c(O)[nH]c12. The molecule has 5 nitrogen and oxygen atoms in total. The summed E-state index contributed by atoms with van der Waals surface area (Å²) in [5.41, 5.74) is 3.15. The van der Waals surface area contributed by atoms with E-state index >= 15 is 0 Å². The minimum Gasteiger partial charge on any atom is -0.493 e. The first-order chi connectivity index (χ1) is 9.79. The number of H-pyrrole nitrogens is 1. The zero-order chi connectivity index (χ0) is 13.9. The molecule has 0 fully saturated rings. The summed E-state index contributed by atoms with van der Waals surface area (Å²) in [7, 11) is 0. The maximum absolute atomic E-state index is 10.0. The Hall–Kier alpha value is -2.69. The van der Waals surface area contributed by atoms with Crippen LogP contribution in [0.15, 0.2) is 53.0 Å². The van der Waals surface area contributed by atoms with Crippen LogP contribution in [0.3, 0.4) is 0 Å². The molecule has 20 heavy (non-hydrogen) atoms. The largest absolute Gasteiger partial charge is 0.493 e. The molecule has 100 valence electrons. The molecule has 0 saturated carbocycles. The average molecular weight is 266 g/mol. The summed E-state index contributed by atoms with van der Waals surface area (Å²) in [6.07, 6.45) is 4.18. The summed E-state index contributed by atoms with van der Waals surface area (Å²) in [5.74, 6) is 0.0357. The number of nitrogens with zero attached hydrogens (tertiary/aromatic N) is 3. The Labute approximate surface area is 116 Å². The fourth-order valence-electron chi connectivity index (χ4n) is 2.17. The van der Waals surface area contributed by atoms with Crippen LogP contribution < -0.4 is 0 Å². The second-order valence-electron chi connectivity index (χ2n) is 4.43. The quantitative estimate of drug-likeness (QED) is 0.695. The topological polar surface area (TPSA) is 73.6 Å². The molecule has 0 radical (unpaired) electrons. The Kier molecular flexibility index (Phi) is 3.16. The Morgan fingerprint density at radius 1 is 1.20 bits per heavy atom. The van der Waals surface area contributed by atoms with E-state index in [2.05, 4.69) is 27.1 Å². The predicted octanol–water partition coefficient (Wildman–Crippen LogP) is 4.25. The summed E-state index contributed by atoms with van der Waals surface area (Å²) >= 11 is 0. The number of aromatic hydroxyl groups is 1. The van der Waals surface area contributed by atoms with Gasteiger partial charge in [-0.25, -0.2) is 0 Å². The van der Waals surface area contributed by atoms with Gasteiger partial charge in [0, 0.05) is 11.6 Å². The van der Waals surface area contributed by atoms with Crippen molar-refractivity contribution in [2.24, 2.45) is 10.2 Å². The third-order valence-electron chi connectivity index (χ3n) is 3.17. The number of aromatic nitrogens is 2. The zero-order valence-corrected chi connectivity index (χ0v) is 11.0. The van der Waals surface area contributed by atoms with E-state index in [1.54, 1.807) is 24.5 Å². The molecule has 1 aromatic carbocycles. The van der Waals surface area contributed by atoms with Crippen LogP contribution in [0.2, 0.25) is 0 Å². The second-order valence-corrected chi connectivity index (χ2v) is 4.43. The number of fused-ring (bicyclic) bond motifs is 1. The average Bonchev–Trinajstić information content (AvgIpc) is 2.81. The smallest absolute Gasteiger partial charge is 0.218 e. The van der Waals surface area contributed by atoms with Gasteiger partial charge in [-0.15, -0.1) is 10.2 Å². The minimum absolute atomic E-state index is 0.0357. The zero-order valence-electron chi connectivity index (χ0n) is 11.0. The maximum atomic E-state index is 10.0. The van der Waals surface area contributed by atoms with Gasteiger partial charge in [-0.1, -0.05) is 25.1 Å². The number of nitrogens with one attached hydrogen (secondary N) is 1. The molecule has 2 heterocycles. The Morgan fingerprint density at radius 3 is 2.85 bits per heavy atom. The van der Waals surface area contributed by atoms with Crippen LogP contribution in [-0.2, 0) is 6.42 Å².